The maximum atomic E-state index is 12.8. The summed E-state index contributed by atoms with van der Waals surface area (Å²) in [5, 5.41) is 27.9. The predicted octanol–water partition coefficient (Wildman–Crippen LogP) is 4.09. The molecule has 1 aliphatic rings. The number of halogens is 1. The summed E-state index contributed by atoms with van der Waals surface area (Å²) in [6.07, 6.45) is 1.55. The smallest absolute Gasteiger partial charge is 0.281 e. The van der Waals surface area contributed by atoms with Gasteiger partial charge in [0.05, 0.1) is 18.3 Å². The van der Waals surface area contributed by atoms with Gasteiger partial charge in [-0.15, -0.1) is 5.11 Å². The number of nitrogens with zero attached hydrogens (tertiary/aromatic N) is 4. The van der Waals surface area contributed by atoms with Crippen LogP contribution < -0.4 is 5.56 Å². The monoisotopic (exact) mass is 416 g/mol. The van der Waals surface area contributed by atoms with Gasteiger partial charge >= 0.3 is 0 Å². The molecule has 0 amide bonds. The second-order valence-corrected chi connectivity index (χ2v) is 6.93. The summed E-state index contributed by atoms with van der Waals surface area (Å²) < 4.78 is 7.53. The quantitative estimate of drug-likeness (QED) is 0.758. The zero-order valence-corrected chi connectivity index (χ0v) is 15.7. The van der Waals surface area contributed by atoms with Crippen LogP contribution in [-0.4, -0.2) is 22.4 Å². The summed E-state index contributed by atoms with van der Waals surface area (Å²) in [4.78, 5) is 12.8. The number of ether oxygens (including phenoxy) is 1. The molecule has 7 nitrogen and oxygen atoms in total. The average Bonchev–Trinajstić information content (AvgIpc) is 3.12. The van der Waals surface area contributed by atoms with Crippen molar-refractivity contribution in [3.05, 3.63) is 50.2 Å². The first-order chi connectivity index (χ1) is 12.5. The number of aromatic nitrogens is 1. The topological polar surface area (TPSA) is 100.0 Å². The minimum absolute atomic E-state index is 0.0192. The van der Waals surface area contributed by atoms with Crippen LogP contribution in [0.3, 0.4) is 0 Å². The third-order valence-corrected chi connectivity index (χ3v) is 4.75. The minimum atomic E-state index is -0.492. The second-order valence-electron chi connectivity index (χ2n) is 6.01. The van der Waals surface area contributed by atoms with Gasteiger partial charge in [0, 0.05) is 16.6 Å². The van der Waals surface area contributed by atoms with Crippen LogP contribution in [0.2, 0.25) is 0 Å². The fourth-order valence-corrected chi connectivity index (χ4v) is 3.25. The molecule has 0 bridgehead atoms. The van der Waals surface area contributed by atoms with E-state index in [0.717, 1.165) is 21.9 Å². The molecule has 1 unspecified atom stereocenters. The largest absolute Gasteiger partial charge is 0.493 e. The fourth-order valence-electron chi connectivity index (χ4n) is 2.86. The van der Waals surface area contributed by atoms with Gasteiger partial charge in [-0.25, -0.2) is 0 Å². The molecule has 3 rings (SSSR count). The maximum absolute atomic E-state index is 12.8. The van der Waals surface area contributed by atoms with Crippen molar-refractivity contribution < 1.29 is 9.84 Å². The lowest BCUT2D eigenvalue weighted by molar-refractivity contribution is 0.0939. The molecule has 0 saturated carbocycles. The standard InChI is InChI=1S/C18H17BrN4O3/c1-11-15(9-20)17(24)23(10-14-6-3-7-26-14)18(25)16(11)22-21-13-5-2-4-12(19)8-13/h2,4-5,8,14,24H,3,6-7,10H2,1H3. The normalized spacial score (nSPS) is 16.9. The molecule has 1 saturated heterocycles. The van der Waals surface area contributed by atoms with Crippen LogP contribution in [0.15, 0.2) is 43.8 Å². The predicted molar refractivity (Wildman–Crippen MR) is 99.1 cm³/mol. The highest BCUT2D eigenvalue weighted by atomic mass is 79.9. The lowest BCUT2D eigenvalue weighted by atomic mass is 10.1. The van der Waals surface area contributed by atoms with E-state index in [9.17, 15) is 15.2 Å². The highest BCUT2D eigenvalue weighted by molar-refractivity contribution is 9.10. The van der Waals surface area contributed by atoms with Crippen LogP contribution in [0, 0.1) is 18.3 Å². The molecular formula is C18H17BrN4O3. The van der Waals surface area contributed by atoms with Crippen molar-refractivity contribution in [2.75, 3.05) is 6.61 Å². The Kier molecular flexibility index (Phi) is 5.49. The van der Waals surface area contributed by atoms with Gasteiger partial charge in [-0.1, -0.05) is 22.0 Å². The van der Waals surface area contributed by atoms with E-state index in [2.05, 4.69) is 26.2 Å². The van der Waals surface area contributed by atoms with Gasteiger partial charge < -0.3 is 9.84 Å². The number of rotatable bonds is 4. The zero-order valence-electron chi connectivity index (χ0n) is 14.1. The van der Waals surface area contributed by atoms with Gasteiger partial charge in [0.15, 0.2) is 5.69 Å². The lowest BCUT2D eigenvalue weighted by Gasteiger charge is -2.16. The Morgan fingerprint density at radius 3 is 2.92 bits per heavy atom. The van der Waals surface area contributed by atoms with Crippen molar-refractivity contribution in [3.8, 4) is 11.9 Å². The van der Waals surface area contributed by atoms with Gasteiger partial charge in [0.25, 0.3) is 5.56 Å². The average molecular weight is 417 g/mol. The van der Waals surface area contributed by atoms with Crippen molar-refractivity contribution in [2.45, 2.75) is 32.4 Å². The third kappa shape index (κ3) is 3.69. The van der Waals surface area contributed by atoms with E-state index >= 15 is 0 Å². The number of benzene rings is 1. The summed E-state index contributed by atoms with van der Waals surface area (Å²) in [7, 11) is 0. The third-order valence-electron chi connectivity index (χ3n) is 4.25. The highest BCUT2D eigenvalue weighted by Gasteiger charge is 2.23. The van der Waals surface area contributed by atoms with Crippen LogP contribution in [-0.2, 0) is 11.3 Å². The molecule has 2 heterocycles. The summed E-state index contributed by atoms with van der Waals surface area (Å²) in [6.45, 7) is 2.39. The first kappa shape index (κ1) is 18.3. The molecule has 1 fully saturated rings. The summed E-state index contributed by atoms with van der Waals surface area (Å²) in [5.41, 5.74) is 0.434. The SMILES string of the molecule is Cc1c(C#N)c(O)n(CC2CCCO2)c(=O)c1N=Nc1cccc(Br)c1. The minimum Gasteiger partial charge on any atom is -0.493 e. The van der Waals surface area contributed by atoms with Crippen molar-refractivity contribution in [1.29, 1.82) is 5.26 Å². The Bertz CT molecular complexity index is 956. The molecule has 134 valence electrons. The molecule has 1 aromatic carbocycles. The van der Waals surface area contributed by atoms with Crippen molar-refractivity contribution in [1.82, 2.24) is 4.57 Å². The van der Waals surface area contributed by atoms with E-state index in [-0.39, 0.29) is 29.8 Å². The molecule has 1 aromatic heterocycles. The first-order valence-corrected chi connectivity index (χ1v) is 8.96. The van der Waals surface area contributed by atoms with Crippen LogP contribution >= 0.6 is 15.9 Å². The molecule has 0 radical (unpaired) electrons. The number of hydrogen-bond donors (Lipinski definition) is 1. The zero-order chi connectivity index (χ0) is 18.7. The van der Waals surface area contributed by atoms with E-state index in [1.54, 1.807) is 25.1 Å². The van der Waals surface area contributed by atoms with Crippen LogP contribution in [0.5, 0.6) is 5.88 Å². The molecular weight excluding hydrogens is 400 g/mol. The molecule has 26 heavy (non-hydrogen) atoms. The van der Waals surface area contributed by atoms with E-state index in [0.29, 0.717) is 17.9 Å². The van der Waals surface area contributed by atoms with Gasteiger partial charge in [0.2, 0.25) is 5.88 Å². The van der Waals surface area contributed by atoms with Crippen molar-refractivity contribution >= 4 is 27.3 Å². The van der Waals surface area contributed by atoms with Crippen molar-refractivity contribution in [3.63, 3.8) is 0 Å². The molecule has 2 aromatic rings. The molecule has 1 aliphatic heterocycles. The van der Waals surface area contributed by atoms with Gasteiger partial charge in [0.1, 0.15) is 11.6 Å². The molecule has 0 aliphatic carbocycles. The second kappa shape index (κ2) is 7.81. The fraction of sp³-hybridized carbons (Fsp3) is 0.333. The Hall–Kier alpha value is -2.50. The molecule has 1 N–H and O–H groups in total. The van der Waals surface area contributed by atoms with E-state index < -0.39 is 5.56 Å². The highest BCUT2D eigenvalue weighted by Crippen LogP contribution is 2.28. The maximum Gasteiger partial charge on any atom is 0.281 e. The Labute approximate surface area is 158 Å². The number of aromatic hydroxyl groups is 1. The number of azo groups is 1. The van der Waals surface area contributed by atoms with Crippen LogP contribution in [0.4, 0.5) is 11.4 Å². The Morgan fingerprint density at radius 2 is 2.27 bits per heavy atom. The Balaban J connectivity index is 2.06. The number of nitriles is 1. The van der Waals surface area contributed by atoms with E-state index in [4.69, 9.17) is 4.74 Å². The molecule has 8 heteroatoms. The van der Waals surface area contributed by atoms with E-state index in [1.807, 2.05) is 12.1 Å². The Morgan fingerprint density at radius 1 is 1.46 bits per heavy atom. The van der Waals surface area contributed by atoms with Gasteiger partial charge in [-0.2, -0.15) is 10.4 Å². The van der Waals surface area contributed by atoms with Gasteiger partial charge in [-0.3, -0.25) is 9.36 Å². The van der Waals surface area contributed by atoms with Crippen molar-refractivity contribution in [2.24, 2.45) is 10.2 Å². The number of pyridine rings is 1. The first-order valence-electron chi connectivity index (χ1n) is 8.16. The lowest BCUT2D eigenvalue weighted by Crippen LogP contribution is -2.27. The van der Waals surface area contributed by atoms with Gasteiger partial charge in [-0.05, 0) is 38.0 Å². The summed E-state index contributed by atoms with van der Waals surface area (Å²) in [5.74, 6) is -0.355. The van der Waals surface area contributed by atoms with E-state index in [1.165, 1.54) is 0 Å². The number of hydrogen-bond acceptors (Lipinski definition) is 6. The summed E-state index contributed by atoms with van der Waals surface area (Å²) in [6, 6.07) is 9.11. The van der Waals surface area contributed by atoms with Crippen LogP contribution in [0.1, 0.15) is 24.0 Å². The van der Waals surface area contributed by atoms with Crippen LogP contribution in [0.25, 0.3) is 0 Å². The molecule has 0 spiro atoms. The molecule has 1 atom stereocenters. The summed E-state index contributed by atoms with van der Waals surface area (Å²) >= 11 is 3.35.